The lowest BCUT2D eigenvalue weighted by Crippen LogP contribution is -2.46. The van der Waals surface area contributed by atoms with Gasteiger partial charge in [0.15, 0.2) is 0 Å². The number of rotatable bonds is 25. The molecule has 0 aromatic rings. The van der Waals surface area contributed by atoms with E-state index in [2.05, 4.69) is 30.8 Å². The molecule has 2 heterocycles. The van der Waals surface area contributed by atoms with Gasteiger partial charge in [-0.3, -0.25) is 18.9 Å². The summed E-state index contributed by atoms with van der Waals surface area (Å²) in [5.74, 6) is 0.706. The predicted octanol–water partition coefficient (Wildman–Crippen LogP) is -0.560. The molecule has 2 aliphatic heterocycles. The molecule has 4 unspecified atom stereocenters. The number of fused-ring (bicyclic) bond motifs is 1. The highest BCUT2D eigenvalue weighted by molar-refractivity contribution is 8.00. The van der Waals surface area contributed by atoms with Crippen LogP contribution in [0, 0.1) is 0 Å². The van der Waals surface area contributed by atoms with Gasteiger partial charge in [0.1, 0.15) is 0 Å². The number of carbonyl (C=O) groups is 4. The van der Waals surface area contributed by atoms with Gasteiger partial charge in [-0.1, -0.05) is 19.3 Å². The van der Waals surface area contributed by atoms with Gasteiger partial charge in [-0.15, -0.1) is 0 Å². The highest BCUT2D eigenvalue weighted by atomic mass is 32.3. The van der Waals surface area contributed by atoms with Crippen LogP contribution in [-0.2, 0) is 29.0 Å². The number of amides is 5. The maximum atomic E-state index is 12.1. The molecule has 0 aliphatic carbocycles. The molecule has 0 bridgehead atoms. The van der Waals surface area contributed by atoms with Crippen LogP contribution >= 0.6 is 11.8 Å². The Kier molecular flexibility index (Phi) is 18.8. The zero-order valence-corrected chi connectivity index (χ0v) is 27.9. The molecule has 2 saturated heterocycles. The van der Waals surface area contributed by atoms with Crippen molar-refractivity contribution in [1.29, 1.82) is 0 Å². The highest BCUT2D eigenvalue weighted by Gasteiger charge is 2.42. The summed E-state index contributed by atoms with van der Waals surface area (Å²) < 4.78 is 33.6. The molecule has 2 rings (SSSR count). The predicted molar refractivity (Wildman–Crippen MR) is 172 cm³/mol. The Hall–Kier alpha value is -2.22. The summed E-state index contributed by atoms with van der Waals surface area (Å²) >= 11 is 1.88. The van der Waals surface area contributed by atoms with Gasteiger partial charge in [-0.25, -0.2) is 8.98 Å². The van der Waals surface area contributed by atoms with E-state index in [0.717, 1.165) is 57.1 Å². The van der Waals surface area contributed by atoms with Crippen molar-refractivity contribution in [2.45, 2.75) is 119 Å². The largest absolute Gasteiger partial charge is 0.397 e. The fourth-order valence-electron chi connectivity index (χ4n) is 5.22. The average Bonchev–Trinajstić information content (AvgIpc) is 3.55. The maximum Gasteiger partial charge on any atom is 0.397 e. The van der Waals surface area contributed by atoms with Crippen molar-refractivity contribution in [1.82, 2.24) is 26.6 Å². The Morgan fingerprint density at radius 1 is 0.891 bits per heavy atom. The number of aliphatic hydroxyl groups is 2. The molecule has 0 spiro atoms. The molecular weight excluding hydrogens is 644 g/mol. The first-order chi connectivity index (χ1) is 21.8. The summed E-state index contributed by atoms with van der Waals surface area (Å²) in [6.45, 7) is 0.334. The number of hydrogen-bond donors (Lipinski definition) is 9. The minimum absolute atomic E-state index is 0.0244. The summed E-state index contributed by atoms with van der Waals surface area (Å²) in [6, 6.07) is -0.553. The van der Waals surface area contributed by atoms with E-state index in [0.29, 0.717) is 37.6 Å². The van der Waals surface area contributed by atoms with Crippen LogP contribution in [0.1, 0.15) is 83.5 Å². The Morgan fingerprint density at radius 2 is 1.46 bits per heavy atom. The van der Waals surface area contributed by atoms with Crippen LogP contribution in [0.25, 0.3) is 0 Å². The van der Waals surface area contributed by atoms with Gasteiger partial charge in [0.25, 0.3) is 0 Å². The van der Waals surface area contributed by atoms with E-state index in [9.17, 15) is 37.8 Å². The Morgan fingerprint density at radius 3 is 2.04 bits per heavy atom. The number of nitrogens with one attached hydrogen (secondary N) is 5. The second-order valence-corrected chi connectivity index (χ2v) is 14.2. The van der Waals surface area contributed by atoms with E-state index in [1.807, 2.05) is 11.8 Å². The van der Waals surface area contributed by atoms with Gasteiger partial charge in [-0.2, -0.15) is 20.2 Å². The number of unbranched alkanes of at least 4 members (excludes halogenated alkanes) is 5. The molecule has 2 fully saturated rings. The first kappa shape index (κ1) is 40.0. The van der Waals surface area contributed by atoms with Crippen LogP contribution in [-0.4, -0.2) is 115 Å². The molecule has 266 valence electrons. The summed E-state index contributed by atoms with van der Waals surface area (Å²) in [7, 11) is -4.70. The van der Waals surface area contributed by atoms with E-state index in [1.54, 1.807) is 0 Å². The first-order valence-electron chi connectivity index (χ1n) is 16.1. The normalized spacial score (nSPS) is 21.0. The Bertz CT molecular complexity index is 1070. The van der Waals surface area contributed by atoms with E-state index >= 15 is 0 Å². The van der Waals surface area contributed by atoms with Gasteiger partial charge in [0, 0.05) is 62.4 Å². The summed E-state index contributed by atoms with van der Waals surface area (Å²) in [5, 5.41) is 34.4. The molecule has 0 saturated carbocycles. The van der Waals surface area contributed by atoms with Gasteiger partial charge in [0.2, 0.25) is 17.7 Å². The minimum atomic E-state index is -4.70. The lowest BCUT2D eigenvalue weighted by molar-refractivity contribution is -0.122. The molecule has 0 aromatic carbocycles. The van der Waals surface area contributed by atoms with Gasteiger partial charge in [-0.05, 0) is 38.5 Å². The van der Waals surface area contributed by atoms with Gasteiger partial charge >= 0.3 is 16.4 Å². The van der Waals surface area contributed by atoms with Crippen molar-refractivity contribution < 1.29 is 46.5 Å². The van der Waals surface area contributed by atoms with Crippen molar-refractivity contribution in [3.8, 4) is 0 Å². The van der Waals surface area contributed by atoms with Crippen LogP contribution in [0.2, 0.25) is 0 Å². The molecule has 6 atom stereocenters. The van der Waals surface area contributed by atoms with Crippen LogP contribution in [0.4, 0.5) is 4.79 Å². The molecule has 5 amide bonds. The molecule has 0 radical (unpaired) electrons. The van der Waals surface area contributed by atoms with Gasteiger partial charge < -0.3 is 42.5 Å². The Labute approximate surface area is 275 Å². The second kappa shape index (κ2) is 21.6. The lowest BCUT2D eigenvalue weighted by atomic mass is 10.0. The van der Waals surface area contributed by atoms with Crippen LogP contribution in [0.3, 0.4) is 0 Å². The smallest absolute Gasteiger partial charge is 0.391 e. The number of aliphatic hydroxyl groups excluding tert-OH is 2. The molecule has 0 aromatic heterocycles. The topological polar surface area (TPSA) is 259 Å². The number of urea groups is 1. The highest BCUT2D eigenvalue weighted by Crippen LogP contribution is 2.33. The van der Waals surface area contributed by atoms with E-state index in [4.69, 9.17) is 10.3 Å². The van der Waals surface area contributed by atoms with Crippen molar-refractivity contribution in [3.05, 3.63) is 0 Å². The second-order valence-electron chi connectivity index (χ2n) is 11.8. The van der Waals surface area contributed by atoms with Crippen LogP contribution in [0.5, 0.6) is 0 Å². The zero-order chi connectivity index (χ0) is 34.0. The average molecular weight is 697 g/mol. The molecule has 2 aliphatic rings. The van der Waals surface area contributed by atoms with Gasteiger partial charge in [0.05, 0.1) is 30.9 Å². The molecule has 10 N–H and O–H groups in total. The number of nitrogens with two attached hydrogens (primary N) is 1. The fourth-order valence-corrected chi connectivity index (χ4v) is 7.10. The molecule has 46 heavy (non-hydrogen) atoms. The van der Waals surface area contributed by atoms with Crippen molar-refractivity contribution in [2.75, 3.05) is 32.0 Å². The monoisotopic (exact) mass is 696 g/mol. The summed E-state index contributed by atoms with van der Waals surface area (Å²) in [6.07, 6.45) is 5.47. The van der Waals surface area contributed by atoms with Crippen molar-refractivity contribution >= 4 is 45.9 Å². The molecule has 16 nitrogen and oxygen atoms in total. The summed E-state index contributed by atoms with van der Waals surface area (Å²) in [5.41, 5.74) is 5.79. The molecule has 18 heteroatoms. The van der Waals surface area contributed by atoms with Crippen LogP contribution in [0.15, 0.2) is 0 Å². The van der Waals surface area contributed by atoms with Crippen molar-refractivity contribution in [2.24, 2.45) is 5.73 Å². The first-order valence-corrected chi connectivity index (χ1v) is 18.5. The third kappa shape index (κ3) is 17.6. The van der Waals surface area contributed by atoms with E-state index < -0.39 is 35.3 Å². The number of carbonyl (C=O) groups excluding carboxylic acids is 4. The minimum Gasteiger partial charge on any atom is -0.391 e. The number of thioether (sulfide) groups is 1. The standard InChI is InChI=1S/C28H52N6O10S2/c29-20(22(36)15-19(35)17-44-46(41,42)43)16-32-26(39)11-4-2-8-13-30-24(37)10-3-1-7-14-31-25(38)12-6-5-9-23-27-21(18-45-23)33-28(40)34-27/h19-23,27,35-36H,1-18,29H2,(H,30,37)(H,31,38)(H,32,39)(H2,33,34,40)(H,41,42,43)/t19?,20?,21-,22?,23?,27-/m0/s1. The number of hydrogen-bond acceptors (Lipinski definition) is 11. The SMILES string of the molecule is NC(CNC(=O)CCCCCNC(=O)CCCCCNC(=O)CCCCC1SC[C@@H]2NC(=O)N[C@H]12)C(O)CC(O)COS(=O)(=O)O. The molecular formula is C28H52N6O10S2. The zero-order valence-electron chi connectivity index (χ0n) is 26.3. The lowest BCUT2D eigenvalue weighted by Gasteiger charge is -2.21. The Balaban J connectivity index is 1.35. The maximum absolute atomic E-state index is 12.1. The summed E-state index contributed by atoms with van der Waals surface area (Å²) in [4.78, 5) is 47.6. The van der Waals surface area contributed by atoms with E-state index in [-0.39, 0.29) is 55.2 Å². The third-order valence-corrected chi connectivity index (χ3v) is 9.78. The quantitative estimate of drug-likeness (QED) is 0.0331. The third-order valence-electron chi connectivity index (χ3n) is 7.84. The fraction of sp³-hybridized carbons (Fsp3) is 0.857. The van der Waals surface area contributed by atoms with Crippen molar-refractivity contribution in [3.63, 3.8) is 0 Å². The van der Waals surface area contributed by atoms with Crippen LogP contribution < -0.4 is 32.3 Å². The van der Waals surface area contributed by atoms with E-state index in [1.165, 1.54) is 0 Å².